The second-order valence-electron chi connectivity index (χ2n) is 7.26. The lowest BCUT2D eigenvalue weighted by atomic mass is 10.2. The first kappa shape index (κ1) is 27.8. The first-order chi connectivity index (χ1) is 16.6. The third kappa shape index (κ3) is 11.6. The molecule has 1 aliphatic heterocycles. The number of nitro benzene ring substituents is 2. The number of hydrogen-bond donors (Lipinski definition) is 1. The van der Waals surface area contributed by atoms with E-state index < -0.39 is 9.85 Å². The van der Waals surface area contributed by atoms with Gasteiger partial charge in [-0.25, -0.2) is 0 Å². The molecule has 0 aromatic heterocycles. The molecule has 0 bridgehead atoms. The maximum absolute atomic E-state index is 11.1. The van der Waals surface area contributed by atoms with Crippen molar-refractivity contribution in [3.63, 3.8) is 0 Å². The summed E-state index contributed by atoms with van der Waals surface area (Å²) in [5.41, 5.74) is -0.496. The molecule has 1 atom stereocenters. The largest absolute Gasteiger partial charge is 0.377 e. The lowest BCUT2D eigenvalue weighted by Crippen LogP contribution is -2.24. The molecule has 1 unspecified atom stereocenters. The molecule has 1 N–H and O–H groups in total. The zero-order valence-electron chi connectivity index (χ0n) is 19.2. The molecule has 1 aromatic rings. The van der Waals surface area contributed by atoms with Gasteiger partial charge in [0.15, 0.2) is 6.29 Å². The normalized spacial score (nSPS) is 15.8. The van der Waals surface area contributed by atoms with Crippen LogP contribution < -0.4 is 5.32 Å². The third-order valence-electron chi connectivity index (χ3n) is 4.74. The highest BCUT2D eigenvalue weighted by molar-refractivity contribution is 5.65. The predicted molar refractivity (Wildman–Crippen MR) is 121 cm³/mol. The molecular formula is C21H33N3O10. The predicted octanol–water partition coefficient (Wildman–Crippen LogP) is 2.52. The van der Waals surface area contributed by atoms with Crippen LogP contribution in [0.5, 0.6) is 0 Å². The molecule has 0 amide bonds. The van der Waals surface area contributed by atoms with E-state index in [9.17, 15) is 20.2 Å². The number of rotatable bonds is 19. The van der Waals surface area contributed by atoms with E-state index in [0.29, 0.717) is 66.0 Å². The first-order valence-electron chi connectivity index (χ1n) is 11.3. The number of non-ortho nitro benzene ring substituents is 1. The zero-order chi connectivity index (χ0) is 24.4. The Kier molecular flexibility index (Phi) is 14.0. The Morgan fingerprint density at radius 1 is 0.853 bits per heavy atom. The van der Waals surface area contributed by atoms with Crippen molar-refractivity contribution in [1.82, 2.24) is 0 Å². The number of nitrogens with zero attached hydrogens (tertiary/aromatic N) is 2. The maximum Gasteiger partial charge on any atom is 0.299 e. The summed E-state index contributed by atoms with van der Waals surface area (Å²) in [4.78, 5) is 20.5. The van der Waals surface area contributed by atoms with Crippen LogP contribution in [0.15, 0.2) is 18.2 Å². The molecule has 192 valence electrons. The van der Waals surface area contributed by atoms with Gasteiger partial charge in [0.1, 0.15) is 5.69 Å². The van der Waals surface area contributed by atoms with Crippen molar-refractivity contribution in [2.75, 3.05) is 77.9 Å². The lowest BCUT2D eigenvalue weighted by molar-refractivity contribution is -0.393. The van der Waals surface area contributed by atoms with Crippen molar-refractivity contribution in [2.24, 2.45) is 0 Å². The third-order valence-corrected chi connectivity index (χ3v) is 4.74. The van der Waals surface area contributed by atoms with Crippen LogP contribution >= 0.6 is 0 Å². The van der Waals surface area contributed by atoms with Gasteiger partial charge in [-0.3, -0.25) is 20.2 Å². The van der Waals surface area contributed by atoms with Crippen molar-refractivity contribution < 1.29 is 38.3 Å². The van der Waals surface area contributed by atoms with Crippen LogP contribution in [0, 0.1) is 20.2 Å². The summed E-state index contributed by atoms with van der Waals surface area (Å²) < 4.78 is 32.7. The Balaban J connectivity index is 1.36. The van der Waals surface area contributed by atoms with Gasteiger partial charge in [0.2, 0.25) is 0 Å². The summed E-state index contributed by atoms with van der Waals surface area (Å²) in [5.74, 6) is 0. The van der Waals surface area contributed by atoms with E-state index in [2.05, 4.69) is 5.32 Å². The SMILES string of the molecule is O=[N+]([O-])c1ccc(NCCOCCOCCOCCOCCOC2CCCCO2)c([N+](=O)[O-])c1. The van der Waals surface area contributed by atoms with E-state index in [4.69, 9.17) is 28.4 Å². The minimum absolute atomic E-state index is 0.0949. The number of nitro groups is 2. The van der Waals surface area contributed by atoms with E-state index in [1.54, 1.807) is 0 Å². The summed E-state index contributed by atoms with van der Waals surface area (Å²) in [7, 11) is 0. The van der Waals surface area contributed by atoms with Crippen molar-refractivity contribution in [3.05, 3.63) is 38.4 Å². The van der Waals surface area contributed by atoms with E-state index >= 15 is 0 Å². The zero-order valence-corrected chi connectivity index (χ0v) is 19.2. The summed E-state index contributed by atoms with van der Waals surface area (Å²) in [5, 5.41) is 24.7. The van der Waals surface area contributed by atoms with Crippen LogP contribution in [0.25, 0.3) is 0 Å². The molecule has 1 fully saturated rings. The lowest BCUT2D eigenvalue weighted by Gasteiger charge is -2.22. The molecule has 1 saturated heterocycles. The van der Waals surface area contributed by atoms with E-state index in [0.717, 1.165) is 31.9 Å². The van der Waals surface area contributed by atoms with Crippen LogP contribution in [0.3, 0.4) is 0 Å². The van der Waals surface area contributed by atoms with E-state index in [-0.39, 0.29) is 23.4 Å². The summed E-state index contributed by atoms with van der Waals surface area (Å²) >= 11 is 0. The highest BCUT2D eigenvalue weighted by Gasteiger charge is 2.19. The number of hydrogen-bond acceptors (Lipinski definition) is 11. The molecule has 2 rings (SSSR count). The molecule has 0 saturated carbocycles. The van der Waals surface area contributed by atoms with Gasteiger partial charge >= 0.3 is 0 Å². The van der Waals surface area contributed by atoms with Crippen LogP contribution in [0.1, 0.15) is 19.3 Å². The monoisotopic (exact) mass is 487 g/mol. The molecule has 13 heteroatoms. The smallest absolute Gasteiger partial charge is 0.299 e. The Bertz CT molecular complexity index is 731. The highest BCUT2D eigenvalue weighted by atomic mass is 16.7. The Morgan fingerprint density at radius 2 is 1.47 bits per heavy atom. The first-order valence-corrected chi connectivity index (χ1v) is 11.3. The molecule has 1 heterocycles. The molecular weight excluding hydrogens is 454 g/mol. The topological polar surface area (TPSA) is 154 Å². The molecule has 13 nitrogen and oxygen atoms in total. The minimum atomic E-state index is -0.677. The van der Waals surface area contributed by atoms with Gasteiger partial charge in [0.25, 0.3) is 11.4 Å². The quantitative estimate of drug-likeness (QED) is 0.174. The minimum Gasteiger partial charge on any atom is -0.377 e. The van der Waals surface area contributed by atoms with Gasteiger partial charge in [-0.15, -0.1) is 0 Å². The van der Waals surface area contributed by atoms with Crippen LogP contribution in [0.2, 0.25) is 0 Å². The van der Waals surface area contributed by atoms with Crippen molar-refractivity contribution >= 4 is 17.1 Å². The van der Waals surface area contributed by atoms with E-state index in [1.165, 1.54) is 12.1 Å². The molecule has 0 radical (unpaired) electrons. The summed E-state index contributed by atoms with van der Waals surface area (Å²) in [6.45, 7) is 4.95. The van der Waals surface area contributed by atoms with Crippen molar-refractivity contribution in [2.45, 2.75) is 25.6 Å². The number of anilines is 1. The Morgan fingerprint density at radius 3 is 2.03 bits per heavy atom. The van der Waals surface area contributed by atoms with E-state index in [1.807, 2.05) is 0 Å². The van der Waals surface area contributed by atoms with Crippen molar-refractivity contribution in [3.8, 4) is 0 Å². The average Bonchev–Trinajstić information content (AvgIpc) is 2.84. The van der Waals surface area contributed by atoms with Gasteiger partial charge < -0.3 is 33.7 Å². The van der Waals surface area contributed by atoms with Gasteiger partial charge in [-0.05, 0) is 25.3 Å². The van der Waals surface area contributed by atoms with Crippen LogP contribution in [-0.4, -0.2) is 88.8 Å². The van der Waals surface area contributed by atoms with Gasteiger partial charge in [-0.2, -0.15) is 0 Å². The Labute approximate surface area is 197 Å². The fourth-order valence-corrected chi connectivity index (χ4v) is 3.03. The fourth-order valence-electron chi connectivity index (χ4n) is 3.03. The van der Waals surface area contributed by atoms with Gasteiger partial charge in [0.05, 0.1) is 75.4 Å². The summed E-state index contributed by atoms with van der Waals surface area (Å²) in [6.07, 6.45) is 3.09. The van der Waals surface area contributed by atoms with Crippen LogP contribution in [-0.2, 0) is 28.4 Å². The second-order valence-corrected chi connectivity index (χ2v) is 7.26. The average molecular weight is 488 g/mol. The molecule has 0 spiro atoms. The molecule has 0 aliphatic carbocycles. The molecule has 1 aliphatic rings. The molecule has 1 aromatic carbocycles. The maximum atomic E-state index is 11.1. The summed E-state index contributed by atoms with van der Waals surface area (Å²) in [6, 6.07) is 3.44. The number of benzene rings is 1. The van der Waals surface area contributed by atoms with Gasteiger partial charge in [-0.1, -0.05) is 0 Å². The highest BCUT2D eigenvalue weighted by Crippen LogP contribution is 2.28. The molecule has 34 heavy (non-hydrogen) atoms. The fraction of sp³-hybridized carbons (Fsp3) is 0.714. The van der Waals surface area contributed by atoms with Gasteiger partial charge in [0, 0.05) is 19.2 Å². The number of nitrogens with one attached hydrogen (secondary N) is 1. The second kappa shape index (κ2) is 17.1. The standard InChI is InChI=1S/C21H33N3O10/c25-23(26)18-4-5-19(20(17-18)24(27)28)22-6-8-29-9-10-30-11-12-31-13-14-32-15-16-34-21-3-1-2-7-33-21/h4-5,17,21-22H,1-3,6-16H2. The van der Waals surface area contributed by atoms with Crippen LogP contribution in [0.4, 0.5) is 17.1 Å². The van der Waals surface area contributed by atoms with Crippen molar-refractivity contribution in [1.29, 1.82) is 0 Å². The number of ether oxygens (including phenoxy) is 6. The Hall–Kier alpha value is -2.42.